The standard InChI is InChI=1S/C17H13ClN2O4/c1-10(21)11-6-7-14-15(8-11)24-17(23)20(14)9-16(22)19-13-5-3-2-4-12(13)18/h2-8H,9H2,1H3,(H,19,22). The van der Waals surface area contributed by atoms with Crippen LogP contribution in [0.5, 0.6) is 0 Å². The zero-order valence-electron chi connectivity index (χ0n) is 12.7. The number of Topliss-reactive ketones (excluding diaryl/α,β-unsaturated/α-hetero) is 1. The maximum Gasteiger partial charge on any atom is 0.420 e. The highest BCUT2D eigenvalue weighted by molar-refractivity contribution is 6.33. The van der Waals surface area contributed by atoms with Crippen LogP contribution in [0.15, 0.2) is 51.7 Å². The predicted octanol–water partition coefficient (Wildman–Crippen LogP) is 3.09. The second-order valence-electron chi connectivity index (χ2n) is 5.22. The molecule has 1 aromatic heterocycles. The van der Waals surface area contributed by atoms with Gasteiger partial charge in [-0.3, -0.25) is 14.2 Å². The molecule has 0 aliphatic rings. The van der Waals surface area contributed by atoms with Crippen molar-refractivity contribution in [2.75, 3.05) is 5.32 Å². The number of hydrogen-bond acceptors (Lipinski definition) is 4. The fourth-order valence-electron chi connectivity index (χ4n) is 2.33. The molecule has 0 atom stereocenters. The van der Waals surface area contributed by atoms with Crippen molar-refractivity contribution in [1.82, 2.24) is 4.57 Å². The lowest BCUT2D eigenvalue weighted by Gasteiger charge is -2.07. The quantitative estimate of drug-likeness (QED) is 0.737. The molecule has 2 aromatic carbocycles. The van der Waals surface area contributed by atoms with Gasteiger partial charge in [0, 0.05) is 5.56 Å². The Hall–Kier alpha value is -2.86. The molecule has 1 amide bonds. The Labute approximate surface area is 141 Å². The molecule has 1 heterocycles. The van der Waals surface area contributed by atoms with Crippen molar-refractivity contribution in [3.8, 4) is 0 Å². The van der Waals surface area contributed by atoms with Gasteiger partial charge in [0.25, 0.3) is 0 Å². The summed E-state index contributed by atoms with van der Waals surface area (Å²) in [7, 11) is 0. The summed E-state index contributed by atoms with van der Waals surface area (Å²) >= 11 is 5.99. The van der Waals surface area contributed by atoms with E-state index < -0.39 is 11.7 Å². The molecule has 0 unspecified atom stereocenters. The van der Waals surface area contributed by atoms with Gasteiger partial charge in [0.1, 0.15) is 6.54 Å². The summed E-state index contributed by atoms with van der Waals surface area (Å²) in [4.78, 5) is 35.5. The molecular formula is C17H13ClN2O4. The number of carbonyl (C=O) groups is 2. The van der Waals surface area contributed by atoms with Crippen LogP contribution in [0.2, 0.25) is 5.02 Å². The number of nitrogens with one attached hydrogen (secondary N) is 1. The topological polar surface area (TPSA) is 81.3 Å². The molecule has 0 fully saturated rings. The van der Waals surface area contributed by atoms with Gasteiger partial charge < -0.3 is 9.73 Å². The number of fused-ring (bicyclic) bond motifs is 1. The molecular weight excluding hydrogens is 332 g/mol. The molecule has 3 rings (SSSR count). The molecule has 24 heavy (non-hydrogen) atoms. The Balaban J connectivity index is 1.88. The number of carbonyl (C=O) groups excluding carboxylic acids is 2. The molecule has 3 aromatic rings. The first-order valence-electron chi connectivity index (χ1n) is 7.14. The summed E-state index contributed by atoms with van der Waals surface area (Å²) in [6.07, 6.45) is 0. The van der Waals surface area contributed by atoms with Crippen molar-refractivity contribution in [1.29, 1.82) is 0 Å². The van der Waals surface area contributed by atoms with Crippen molar-refractivity contribution < 1.29 is 14.0 Å². The van der Waals surface area contributed by atoms with E-state index in [-0.39, 0.29) is 17.9 Å². The van der Waals surface area contributed by atoms with Gasteiger partial charge in [0.05, 0.1) is 16.2 Å². The molecule has 0 bridgehead atoms. The fraction of sp³-hybridized carbons (Fsp3) is 0.118. The summed E-state index contributed by atoms with van der Waals surface area (Å²) in [5.74, 6) is -1.22. The molecule has 6 nitrogen and oxygen atoms in total. The van der Waals surface area contributed by atoms with Crippen molar-refractivity contribution in [2.24, 2.45) is 0 Å². The monoisotopic (exact) mass is 344 g/mol. The molecule has 1 N–H and O–H groups in total. The Morgan fingerprint density at radius 1 is 1.21 bits per heavy atom. The Morgan fingerprint density at radius 3 is 2.67 bits per heavy atom. The highest BCUT2D eigenvalue weighted by atomic mass is 35.5. The van der Waals surface area contributed by atoms with Crippen LogP contribution in [-0.4, -0.2) is 16.3 Å². The van der Waals surface area contributed by atoms with Crippen LogP contribution >= 0.6 is 11.6 Å². The number of oxazole rings is 1. The van der Waals surface area contributed by atoms with E-state index in [9.17, 15) is 14.4 Å². The number of halogens is 1. The summed E-state index contributed by atoms with van der Waals surface area (Å²) in [5.41, 5.74) is 1.60. The number of amides is 1. The zero-order chi connectivity index (χ0) is 17.3. The number of aromatic nitrogens is 1. The van der Waals surface area contributed by atoms with E-state index in [1.807, 2.05) is 0 Å². The van der Waals surface area contributed by atoms with Crippen LogP contribution in [-0.2, 0) is 11.3 Å². The van der Waals surface area contributed by atoms with E-state index >= 15 is 0 Å². The maximum absolute atomic E-state index is 12.2. The maximum atomic E-state index is 12.2. The van der Waals surface area contributed by atoms with E-state index in [0.29, 0.717) is 21.8 Å². The van der Waals surface area contributed by atoms with Crippen molar-refractivity contribution in [3.63, 3.8) is 0 Å². The van der Waals surface area contributed by atoms with E-state index in [1.54, 1.807) is 36.4 Å². The third kappa shape index (κ3) is 3.09. The lowest BCUT2D eigenvalue weighted by molar-refractivity contribution is -0.116. The normalized spacial score (nSPS) is 10.8. The van der Waals surface area contributed by atoms with Crippen LogP contribution in [0.1, 0.15) is 17.3 Å². The first-order valence-corrected chi connectivity index (χ1v) is 7.52. The third-order valence-electron chi connectivity index (χ3n) is 3.52. The predicted molar refractivity (Wildman–Crippen MR) is 90.6 cm³/mol. The minimum absolute atomic E-state index is 0.135. The average Bonchev–Trinajstić information content (AvgIpc) is 2.84. The largest absolute Gasteiger partial charge is 0.420 e. The van der Waals surface area contributed by atoms with E-state index in [0.717, 1.165) is 0 Å². The smallest absolute Gasteiger partial charge is 0.408 e. The van der Waals surface area contributed by atoms with Crippen LogP contribution in [0.4, 0.5) is 5.69 Å². The number of benzene rings is 2. The molecule has 0 spiro atoms. The number of anilines is 1. The second-order valence-corrected chi connectivity index (χ2v) is 5.63. The summed E-state index contributed by atoms with van der Waals surface area (Å²) in [6, 6.07) is 11.5. The van der Waals surface area contributed by atoms with E-state index in [2.05, 4.69) is 5.32 Å². The molecule has 0 saturated heterocycles. The highest BCUT2D eigenvalue weighted by Crippen LogP contribution is 2.21. The second kappa shape index (κ2) is 6.33. The first-order chi connectivity index (χ1) is 11.5. The fourth-order valence-corrected chi connectivity index (χ4v) is 2.51. The molecule has 0 aliphatic heterocycles. The Bertz CT molecular complexity index is 1000. The first kappa shape index (κ1) is 16.0. The zero-order valence-corrected chi connectivity index (χ0v) is 13.5. The molecule has 0 aliphatic carbocycles. The SMILES string of the molecule is CC(=O)c1ccc2c(c1)oc(=O)n2CC(=O)Nc1ccccc1Cl. The van der Waals surface area contributed by atoms with E-state index in [4.69, 9.17) is 16.0 Å². The van der Waals surface area contributed by atoms with Crippen molar-refractivity contribution in [3.05, 3.63) is 63.6 Å². The van der Waals surface area contributed by atoms with Crippen LogP contribution < -0.4 is 11.1 Å². The highest BCUT2D eigenvalue weighted by Gasteiger charge is 2.14. The number of hydrogen-bond donors (Lipinski definition) is 1. The number of rotatable bonds is 4. The number of para-hydroxylation sites is 1. The van der Waals surface area contributed by atoms with Gasteiger partial charge in [-0.1, -0.05) is 23.7 Å². The van der Waals surface area contributed by atoms with Gasteiger partial charge >= 0.3 is 5.76 Å². The van der Waals surface area contributed by atoms with Gasteiger partial charge in [-0.15, -0.1) is 0 Å². The minimum atomic E-state index is -0.667. The lowest BCUT2D eigenvalue weighted by atomic mass is 10.1. The Morgan fingerprint density at radius 2 is 1.96 bits per heavy atom. The van der Waals surface area contributed by atoms with Gasteiger partial charge in [-0.25, -0.2) is 4.79 Å². The van der Waals surface area contributed by atoms with Gasteiger partial charge in [0.15, 0.2) is 11.4 Å². The van der Waals surface area contributed by atoms with Gasteiger partial charge in [-0.2, -0.15) is 0 Å². The van der Waals surface area contributed by atoms with Crippen molar-refractivity contribution in [2.45, 2.75) is 13.5 Å². The van der Waals surface area contributed by atoms with Crippen LogP contribution in [0, 0.1) is 0 Å². The van der Waals surface area contributed by atoms with E-state index in [1.165, 1.54) is 17.6 Å². The average molecular weight is 345 g/mol. The summed E-state index contributed by atoms with van der Waals surface area (Å²) in [6.45, 7) is 1.20. The van der Waals surface area contributed by atoms with Crippen LogP contribution in [0.3, 0.4) is 0 Å². The molecule has 7 heteroatoms. The number of nitrogens with zero attached hydrogens (tertiary/aromatic N) is 1. The minimum Gasteiger partial charge on any atom is -0.408 e. The molecule has 0 radical (unpaired) electrons. The molecule has 0 saturated carbocycles. The van der Waals surface area contributed by atoms with Crippen LogP contribution in [0.25, 0.3) is 11.1 Å². The number of ketones is 1. The van der Waals surface area contributed by atoms with Gasteiger partial charge in [0.2, 0.25) is 5.91 Å². The lowest BCUT2D eigenvalue weighted by Crippen LogP contribution is -2.24. The Kier molecular flexibility index (Phi) is 4.22. The molecule has 122 valence electrons. The summed E-state index contributed by atoms with van der Waals surface area (Å²) < 4.78 is 6.31. The third-order valence-corrected chi connectivity index (χ3v) is 3.85. The summed E-state index contributed by atoms with van der Waals surface area (Å²) in [5, 5.41) is 3.05. The van der Waals surface area contributed by atoms with Gasteiger partial charge in [-0.05, 0) is 37.3 Å². The van der Waals surface area contributed by atoms with Crippen molar-refractivity contribution >= 4 is 40.1 Å².